The zero-order valence-corrected chi connectivity index (χ0v) is 13.1. The zero-order valence-electron chi connectivity index (χ0n) is 11.4. The van der Waals surface area contributed by atoms with Crippen LogP contribution in [0.2, 0.25) is 0 Å². The third kappa shape index (κ3) is 2.77. The van der Waals surface area contributed by atoms with Gasteiger partial charge in [-0.1, -0.05) is 65.8 Å². The number of azide groups is 1. The Bertz CT molecular complexity index is 641. The van der Waals surface area contributed by atoms with E-state index < -0.39 is 4.87 Å². The van der Waals surface area contributed by atoms with E-state index in [9.17, 15) is 0 Å². The van der Waals surface area contributed by atoms with Gasteiger partial charge in [0.25, 0.3) is 0 Å². The molecule has 1 fully saturated rings. The maximum absolute atomic E-state index is 9.15. The van der Waals surface area contributed by atoms with E-state index in [1.165, 1.54) is 5.56 Å². The van der Waals surface area contributed by atoms with Crippen LogP contribution in [0, 0.1) is 0 Å². The van der Waals surface area contributed by atoms with E-state index in [2.05, 4.69) is 34.3 Å². The van der Waals surface area contributed by atoms with Crippen molar-refractivity contribution < 1.29 is 0 Å². The van der Waals surface area contributed by atoms with Crippen molar-refractivity contribution in [1.29, 1.82) is 0 Å². The third-order valence-electron chi connectivity index (χ3n) is 3.53. The molecule has 0 amide bonds. The zero-order chi connectivity index (χ0) is 14.5. The van der Waals surface area contributed by atoms with Crippen LogP contribution in [0.15, 0.2) is 65.8 Å². The van der Waals surface area contributed by atoms with Gasteiger partial charge in [0.2, 0.25) is 0 Å². The molecule has 1 heterocycles. The minimum absolute atomic E-state index is 0.135. The fourth-order valence-electron chi connectivity index (χ4n) is 2.62. The second-order valence-electron chi connectivity index (χ2n) is 4.76. The second-order valence-corrected chi connectivity index (χ2v) is 7.29. The highest BCUT2D eigenvalue weighted by Crippen LogP contribution is 2.57. The van der Waals surface area contributed by atoms with Crippen molar-refractivity contribution in [3.8, 4) is 0 Å². The topological polar surface area (TPSA) is 48.8 Å². The number of rotatable bonds is 3. The largest absolute Gasteiger partial charge is 0.151 e. The fraction of sp³-hybridized carbons (Fsp3) is 0.250. The van der Waals surface area contributed by atoms with E-state index in [1.807, 2.05) is 48.2 Å². The molecule has 5 heteroatoms. The average molecular weight is 313 g/mol. The monoisotopic (exact) mass is 313 g/mol. The van der Waals surface area contributed by atoms with Crippen LogP contribution in [0.4, 0.5) is 0 Å². The molecule has 0 aromatic heterocycles. The summed E-state index contributed by atoms with van der Waals surface area (Å²) in [5.74, 6) is 2.06. The molecule has 0 saturated carbocycles. The summed E-state index contributed by atoms with van der Waals surface area (Å²) in [5.41, 5.74) is 11.4. The van der Waals surface area contributed by atoms with Crippen LogP contribution in [0.3, 0.4) is 0 Å². The van der Waals surface area contributed by atoms with E-state index in [0.29, 0.717) is 0 Å². The quantitative estimate of drug-likeness (QED) is 0.434. The predicted molar refractivity (Wildman–Crippen MR) is 91.4 cm³/mol. The van der Waals surface area contributed by atoms with Crippen molar-refractivity contribution in [3.63, 3.8) is 0 Å². The molecule has 2 aromatic rings. The lowest BCUT2D eigenvalue weighted by atomic mass is 9.98. The molecule has 0 N–H and O–H groups in total. The van der Waals surface area contributed by atoms with Gasteiger partial charge in [0.05, 0.1) is 5.25 Å². The van der Waals surface area contributed by atoms with Gasteiger partial charge >= 0.3 is 0 Å². The summed E-state index contributed by atoms with van der Waals surface area (Å²) in [6.45, 7) is 0. The normalized spacial score (nSPS) is 25.0. The molecule has 0 spiro atoms. The molecule has 0 radical (unpaired) electrons. The molecule has 1 aliphatic rings. The molecule has 0 unspecified atom stereocenters. The van der Waals surface area contributed by atoms with Crippen LogP contribution >= 0.6 is 23.5 Å². The van der Waals surface area contributed by atoms with Crippen LogP contribution in [0.1, 0.15) is 16.4 Å². The Hall–Kier alpha value is -1.55. The number of benzene rings is 2. The van der Waals surface area contributed by atoms with Crippen LogP contribution in [-0.2, 0) is 4.87 Å². The SMILES string of the molecule is [N-]=[N+]=N[C@@]1(c2ccccc2)SCCS[C@H]1c1ccccc1. The molecular formula is C16H15N3S2. The molecule has 21 heavy (non-hydrogen) atoms. The van der Waals surface area contributed by atoms with Gasteiger partial charge in [0.15, 0.2) is 0 Å². The maximum atomic E-state index is 9.15. The van der Waals surface area contributed by atoms with Gasteiger partial charge < -0.3 is 0 Å². The molecule has 1 aliphatic heterocycles. The average Bonchev–Trinajstić information content (AvgIpc) is 2.57. The standard InChI is InChI=1S/C16H15N3S2/c17-19-18-16(14-9-5-2-6-10-14)15(20-11-12-21-16)13-7-3-1-4-8-13/h1-10,15H,11-12H2/t15-,16-/m0/s1. The lowest BCUT2D eigenvalue weighted by molar-refractivity contribution is 0.628. The summed E-state index contributed by atoms with van der Waals surface area (Å²) in [5, 5.41) is 4.40. The lowest BCUT2D eigenvalue weighted by Crippen LogP contribution is -2.30. The van der Waals surface area contributed by atoms with Gasteiger partial charge in [0, 0.05) is 16.4 Å². The van der Waals surface area contributed by atoms with Crippen molar-refractivity contribution in [3.05, 3.63) is 82.2 Å². The van der Waals surface area contributed by atoms with Gasteiger partial charge in [-0.15, -0.1) is 11.8 Å². The highest BCUT2D eigenvalue weighted by Gasteiger charge is 2.44. The molecule has 3 nitrogen and oxygen atoms in total. The Morgan fingerprint density at radius 1 is 1.00 bits per heavy atom. The van der Waals surface area contributed by atoms with Gasteiger partial charge in [-0.25, -0.2) is 0 Å². The molecule has 1 saturated heterocycles. The molecule has 2 aromatic carbocycles. The Morgan fingerprint density at radius 2 is 1.67 bits per heavy atom. The molecule has 2 atom stereocenters. The van der Waals surface area contributed by atoms with Gasteiger partial charge in [-0.2, -0.15) is 11.8 Å². The van der Waals surface area contributed by atoms with Crippen molar-refractivity contribution in [1.82, 2.24) is 0 Å². The smallest absolute Gasteiger partial charge is 0.135 e. The first-order valence-corrected chi connectivity index (χ1v) is 8.82. The highest BCUT2D eigenvalue weighted by molar-refractivity contribution is 8.07. The van der Waals surface area contributed by atoms with Crippen LogP contribution in [-0.4, -0.2) is 11.5 Å². The van der Waals surface area contributed by atoms with E-state index in [0.717, 1.165) is 17.1 Å². The number of hydrogen-bond acceptors (Lipinski definition) is 3. The Morgan fingerprint density at radius 3 is 2.33 bits per heavy atom. The first kappa shape index (κ1) is 14.4. The van der Waals surface area contributed by atoms with Crippen LogP contribution in [0.5, 0.6) is 0 Å². The Balaban J connectivity index is 2.13. The summed E-state index contributed by atoms with van der Waals surface area (Å²) >= 11 is 3.62. The van der Waals surface area contributed by atoms with Crippen molar-refractivity contribution in [2.45, 2.75) is 10.1 Å². The molecule has 3 rings (SSSR count). The van der Waals surface area contributed by atoms with E-state index in [1.54, 1.807) is 11.8 Å². The Labute approximate surface area is 132 Å². The maximum Gasteiger partial charge on any atom is 0.135 e. The molecule has 106 valence electrons. The van der Waals surface area contributed by atoms with E-state index in [-0.39, 0.29) is 5.25 Å². The van der Waals surface area contributed by atoms with Crippen LogP contribution < -0.4 is 0 Å². The molecule has 0 aliphatic carbocycles. The van der Waals surface area contributed by atoms with Gasteiger partial charge in [-0.3, -0.25) is 0 Å². The highest BCUT2D eigenvalue weighted by atomic mass is 32.2. The lowest BCUT2D eigenvalue weighted by Gasteiger charge is -2.40. The first-order chi connectivity index (χ1) is 10.4. The van der Waals surface area contributed by atoms with Crippen LogP contribution in [0.25, 0.3) is 10.4 Å². The second kappa shape index (κ2) is 6.48. The van der Waals surface area contributed by atoms with Crippen molar-refractivity contribution >= 4 is 23.5 Å². The summed E-state index contributed by atoms with van der Waals surface area (Å²) in [4.78, 5) is 2.61. The third-order valence-corrected chi connectivity index (χ3v) is 6.72. The number of hydrogen-bond donors (Lipinski definition) is 0. The minimum atomic E-state index is -0.569. The van der Waals surface area contributed by atoms with Crippen molar-refractivity contribution in [2.24, 2.45) is 5.11 Å². The Kier molecular flexibility index (Phi) is 4.44. The summed E-state index contributed by atoms with van der Waals surface area (Å²) in [7, 11) is 0. The molecule has 0 bridgehead atoms. The summed E-state index contributed by atoms with van der Waals surface area (Å²) < 4.78 is 0. The molecular weight excluding hydrogens is 298 g/mol. The van der Waals surface area contributed by atoms with Gasteiger partial charge in [-0.05, 0) is 16.7 Å². The number of thioether (sulfide) groups is 2. The van der Waals surface area contributed by atoms with E-state index >= 15 is 0 Å². The van der Waals surface area contributed by atoms with Crippen molar-refractivity contribution in [2.75, 3.05) is 11.5 Å². The number of nitrogens with zero attached hydrogens (tertiary/aromatic N) is 3. The first-order valence-electron chi connectivity index (χ1n) is 6.79. The minimum Gasteiger partial charge on any atom is -0.151 e. The summed E-state index contributed by atoms with van der Waals surface area (Å²) in [6.07, 6.45) is 0. The predicted octanol–water partition coefficient (Wildman–Crippen LogP) is 5.37. The van der Waals surface area contributed by atoms with Gasteiger partial charge in [0.1, 0.15) is 4.87 Å². The van der Waals surface area contributed by atoms with E-state index in [4.69, 9.17) is 5.53 Å². The fourth-order valence-corrected chi connectivity index (χ4v) is 5.74. The summed E-state index contributed by atoms with van der Waals surface area (Å²) in [6, 6.07) is 20.5.